The van der Waals surface area contributed by atoms with E-state index in [4.69, 9.17) is 5.11 Å². The topological polar surface area (TPSA) is 50.1 Å². The maximum Gasteiger partial charge on any atom is 0.0636 e. The number of aryl methyl sites for hydroxylation is 1. The number of aliphatic hydroxyl groups excluding tert-OH is 1. The van der Waals surface area contributed by atoms with Crippen LogP contribution in [-0.2, 0) is 13.1 Å². The number of rotatable bonds is 5. The molecule has 0 aliphatic carbocycles. The van der Waals surface area contributed by atoms with Crippen molar-refractivity contribution in [2.24, 2.45) is 0 Å². The standard InChI is InChI=1S/C9H17N3O/c1-3-12-9(4-5-11-12)7-10-6-8(2)13/h4-5,8,10,13H,3,6-7H2,1-2H3. The van der Waals surface area contributed by atoms with Crippen LogP contribution < -0.4 is 5.32 Å². The van der Waals surface area contributed by atoms with Gasteiger partial charge < -0.3 is 10.4 Å². The number of hydrogen-bond acceptors (Lipinski definition) is 3. The largest absolute Gasteiger partial charge is 0.392 e. The molecule has 4 heteroatoms. The molecule has 0 saturated carbocycles. The van der Waals surface area contributed by atoms with Gasteiger partial charge in [-0.1, -0.05) is 0 Å². The Morgan fingerprint density at radius 3 is 3.08 bits per heavy atom. The fourth-order valence-corrected chi connectivity index (χ4v) is 1.20. The van der Waals surface area contributed by atoms with Gasteiger partial charge in [0.2, 0.25) is 0 Å². The first-order chi connectivity index (χ1) is 6.24. The van der Waals surface area contributed by atoms with Crippen LogP contribution >= 0.6 is 0 Å². The van der Waals surface area contributed by atoms with Gasteiger partial charge in [0.25, 0.3) is 0 Å². The molecule has 1 heterocycles. The Kier molecular flexibility index (Phi) is 3.92. The number of aromatic nitrogens is 2. The molecule has 1 rings (SSSR count). The lowest BCUT2D eigenvalue weighted by Gasteiger charge is -2.07. The van der Waals surface area contributed by atoms with E-state index < -0.39 is 0 Å². The van der Waals surface area contributed by atoms with Crippen LogP contribution in [0.15, 0.2) is 12.3 Å². The second kappa shape index (κ2) is 4.99. The maximum atomic E-state index is 9.02. The van der Waals surface area contributed by atoms with Crippen LogP contribution in [-0.4, -0.2) is 27.5 Å². The average molecular weight is 183 g/mol. The first-order valence-corrected chi connectivity index (χ1v) is 4.63. The van der Waals surface area contributed by atoms with Gasteiger partial charge in [-0.15, -0.1) is 0 Å². The van der Waals surface area contributed by atoms with Crippen LogP contribution in [0.5, 0.6) is 0 Å². The highest BCUT2D eigenvalue weighted by Crippen LogP contribution is 1.97. The molecule has 1 aromatic rings. The van der Waals surface area contributed by atoms with E-state index in [9.17, 15) is 0 Å². The molecule has 0 amide bonds. The van der Waals surface area contributed by atoms with Crippen molar-refractivity contribution in [3.63, 3.8) is 0 Å². The van der Waals surface area contributed by atoms with Gasteiger partial charge in [0.05, 0.1) is 11.8 Å². The van der Waals surface area contributed by atoms with E-state index >= 15 is 0 Å². The van der Waals surface area contributed by atoms with Crippen molar-refractivity contribution in [1.82, 2.24) is 15.1 Å². The third-order valence-corrected chi connectivity index (χ3v) is 1.85. The number of aliphatic hydroxyl groups is 1. The van der Waals surface area contributed by atoms with Gasteiger partial charge in [-0.25, -0.2) is 0 Å². The Bertz CT molecular complexity index is 245. The molecule has 1 aromatic heterocycles. The molecule has 74 valence electrons. The Morgan fingerprint density at radius 1 is 1.69 bits per heavy atom. The monoisotopic (exact) mass is 183 g/mol. The Labute approximate surface area is 78.6 Å². The van der Waals surface area contributed by atoms with Gasteiger partial charge in [0, 0.05) is 25.8 Å². The summed E-state index contributed by atoms with van der Waals surface area (Å²) < 4.78 is 1.94. The number of nitrogens with zero attached hydrogens (tertiary/aromatic N) is 2. The van der Waals surface area contributed by atoms with E-state index in [-0.39, 0.29) is 6.10 Å². The lowest BCUT2D eigenvalue weighted by atomic mass is 10.3. The van der Waals surface area contributed by atoms with Crippen LogP contribution in [0.3, 0.4) is 0 Å². The number of nitrogens with one attached hydrogen (secondary N) is 1. The molecule has 4 nitrogen and oxygen atoms in total. The van der Waals surface area contributed by atoms with Crippen molar-refractivity contribution in [1.29, 1.82) is 0 Å². The lowest BCUT2D eigenvalue weighted by molar-refractivity contribution is 0.190. The first kappa shape index (κ1) is 10.2. The fourth-order valence-electron chi connectivity index (χ4n) is 1.20. The predicted molar refractivity (Wildman–Crippen MR) is 51.3 cm³/mol. The highest BCUT2D eigenvalue weighted by Gasteiger charge is 2.00. The second-order valence-corrected chi connectivity index (χ2v) is 3.12. The van der Waals surface area contributed by atoms with Crippen LogP contribution in [0.25, 0.3) is 0 Å². The van der Waals surface area contributed by atoms with Crippen LogP contribution in [0.2, 0.25) is 0 Å². The summed E-state index contributed by atoms with van der Waals surface area (Å²) >= 11 is 0. The molecule has 0 aliphatic rings. The zero-order chi connectivity index (χ0) is 9.68. The van der Waals surface area contributed by atoms with Crippen molar-refractivity contribution in [2.45, 2.75) is 33.0 Å². The zero-order valence-electron chi connectivity index (χ0n) is 8.20. The first-order valence-electron chi connectivity index (χ1n) is 4.63. The molecule has 1 atom stereocenters. The van der Waals surface area contributed by atoms with E-state index in [2.05, 4.69) is 17.3 Å². The third kappa shape index (κ3) is 3.16. The normalized spacial score (nSPS) is 13.2. The lowest BCUT2D eigenvalue weighted by Crippen LogP contribution is -2.25. The van der Waals surface area contributed by atoms with Crippen molar-refractivity contribution < 1.29 is 5.11 Å². The summed E-state index contributed by atoms with van der Waals surface area (Å²) in [6.07, 6.45) is 1.50. The molecule has 2 N–H and O–H groups in total. The smallest absolute Gasteiger partial charge is 0.0636 e. The SMILES string of the molecule is CCn1nccc1CNCC(C)O. The summed E-state index contributed by atoms with van der Waals surface area (Å²) in [6.45, 7) is 6.10. The van der Waals surface area contributed by atoms with E-state index in [1.54, 1.807) is 13.1 Å². The van der Waals surface area contributed by atoms with Crippen LogP contribution in [0.4, 0.5) is 0 Å². The van der Waals surface area contributed by atoms with Gasteiger partial charge >= 0.3 is 0 Å². The zero-order valence-corrected chi connectivity index (χ0v) is 8.20. The van der Waals surface area contributed by atoms with Gasteiger partial charge in [0.15, 0.2) is 0 Å². The Morgan fingerprint density at radius 2 is 2.46 bits per heavy atom. The van der Waals surface area contributed by atoms with Crippen molar-refractivity contribution in [2.75, 3.05) is 6.54 Å². The highest BCUT2D eigenvalue weighted by atomic mass is 16.3. The minimum atomic E-state index is -0.294. The highest BCUT2D eigenvalue weighted by molar-refractivity contribution is 4.99. The Hall–Kier alpha value is -0.870. The van der Waals surface area contributed by atoms with Crippen molar-refractivity contribution in [3.05, 3.63) is 18.0 Å². The van der Waals surface area contributed by atoms with E-state index in [0.29, 0.717) is 6.54 Å². The Balaban J connectivity index is 2.36. The fraction of sp³-hybridized carbons (Fsp3) is 0.667. The quantitative estimate of drug-likeness (QED) is 0.693. The van der Waals surface area contributed by atoms with E-state index in [0.717, 1.165) is 18.8 Å². The molecule has 1 unspecified atom stereocenters. The third-order valence-electron chi connectivity index (χ3n) is 1.85. The van der Waals surface area contributed by atoms with Gasteiger partial charge in [0.1, 0.15) is 0 Å². The van der Waals surface area contributed by atoms with E-state index in [1.165, 1.54) is 0 Å². The molecular weight excluding hydrogens is 166 g/mol. The molecule has 0 spiro atoms. The maximum absolute atomic E-state index is 9.02. The van der Waals surface area contributed by atoms with Gasteiger partial charge in [-0.05, 0) is 19.9 Å². The second-order valence-electron chi connectivity index (χ2n) is 3.12. The molecule has 0 aliphatic heterocycles. The molecule has 0 bridgehead atoms. The molecular formula is C9H17N3O. The molecule has 0 fully saturated rings. The molecule has 0 aromatic carbocycles. The van der Waals surface area contributed by atoms with Crippen molar-refractivity contribution in [3.8, 4) is 0 Å². The molecule has 0 radical (unpaired) electrons. The summed E-state index contributed by atoms with van der Waals surface area (Å²) in [6, 6.07) is 1.98. The average Bonchev–Trinajstić information content (AvgIpc) is 2.51. The minimum Gasteiger partial charge on any atom is -0.392 e. The summed E-state index contributed by atoms with van der Waals surface area (Å²) in [5.41, 5.74) is 1.16. The van der Waals surface area contributed by atoms with Crippen LogP contribution in [0.1, 0.15) is 19.5 Å². The summed E-state index contributed by atoms with van der Waals surface area (Å²) in [4.78, 5) is 0. The van der Waals surface area contributed by atoms with Gasteiger partial charge in [-0.2, -0.15) is 5.10 Å². The molecule has 0 saturated heterocycles. The summed E-state index contributed by atoms with van der Waals surface area (Å²) in [7, 11) is 0. The van der Waals surface area contributed by atoms with E-state index in [1.807, 2.05) is 10.7 Å². The molecule has 13 heavy (non-hydrogen) atoms. The predicted octanol–water partition coefficient (Wildman–Crippen LogP) is 0.373. The van der Waals surface area contributed by atoms with Gasteiger partial charge in [-0.3, -0.25) is 4.68 Å². The van der Waals surface area contributed by atoms with Crippen LogP contribution in [0, 0.1) is 0 Å². The summed E-state index contributed by atoms with van der Waals surface area (Å²) in [5.74, 6) is 0. The minimum absolute atomic E-state index is 0.294. The van der Waals surface area contributed by atoms with Crippen molar-refractivity contribution >= 4 is 0 Å². The summed E-state index contributed by atoms with van der Waals surface area (Å²) in [5, 5.41) is 16.3. The number of hydrogen-bond donors (Lipinski definition) is 2.